The first kappa shape index (κ1) is 29.3. The second-order valence-corrected chi connectivity index (χ2v) is 17.6. The lowest BCUT2D eigenvalue weighted by atomic mass is 9.47. The summed E-state index contributed by atoms with van der Waals surface area (Å²) in [6, 6.07) is 1.65. The molecule has 1 saturated heterocycles. The van der Waals surface area contributed by atoms with Crippen LogP contribution in [0.2, 0.25) is 0 Å². The van der Waals surface area contributed by atoms with Crippen LogP contribution in [0.25, 0.3) is 0 Å². The van der Waals surface area contributed by atoms with Crippen molar-refractivity contribution in [3.05, 3.63) is 0 Å². The lowest BCUT2D eigenvalue weighted by Crippen LogP contribution is -2.65. The topological polar surface area (TPSA) is 55.3 Å². The van der Waals surface area contributed by atoms with Gasteiger partial charge in [-0.05, 0) is 136 Å². The molecule has 1 heterocycles. The fourth-order valence-electron chi connectivity index (χ4n) is 15.2. The van der Waals surface area contributed by atoms with Gasteiger partial charge in [0.05, 0.1) is 6.17 Å². The minimum absolute atomic E-state index is 0.0884. The van der Waals surface area contributed by atoms with E-state index in [-0.39, 0.29) is 12.2 Å². The Labute approximate surface area is 259 Å². The van der Waals surface area contributed by atoms with Crippen LogP contribution in [0.3, 0.4) is 0 Å². The summed E-state index contributed by atoms with van der Waals surface area (Å²) in [6.07, 6.45) is 37.3. The summed E-state index contributed by atoms with van der Waals surface area (Å²) in [7, 11) is 0. The van der Waals surface area contributed by atoms with Crippen LogP contribution in [-0.2, 0) is 0 Å². The number of hydrogen-bond donors (Lipinski definition) is 2. The van der Waals surface area contributed by atoms with E-state index in [0.717, 1.165) is 59.4 Å². The molecule has 3 heteroatoms. The minimum atomic E-state index is 0.0884. The Kier molecular flexibility index (Phi) is 8.54. The molecule has 42 heavy (non-hydrogen) atoms. The van der Waals surface area contributed by atoms with Crippen LogP contribution >= 0.6 is 0 Å². The van der Waals surface area contributed by atoms with E-state index in [4.69, 9.17) is 11.5 Å². The van der Waals surface area contributed by atoms with Crippen LogP contribution in [0.4, 0.5) is 0 Å². The average Bonchev–Trinajstić information content (AvgIpc) is 3.56. The summed E-state index contributed by atoms with van der Waals surface area (Å²) in [5.74, 6) is 8.44. The van der Waals surface area contributed by atoms with E-state index < -0.39 is 0 Å². The lowest BCUT2D eigenvalue weighted by Gasteiger charge is -2.59. The molecular weight excluding hydrogens is 510 g/mol. The van der Waals surface area contributed by atoms with Gasteiger partial charge in [0.1, 0.15) is 0 Å². The fraction of sp³-hybridized carbons (Fsp3) is 1.00. The highest BCUT2D eigenvalue weighted by molar-refractivity contribution is 5.21. The van der Waals surface area contributed by atoms with Gasteiger partial charge in [0.25, 0.3) is 0 Å². The zero-order chi connectivity index (χ0) is 28.3. The van der Waals surface area contributed by atoms with E-state index in [0.29, 0.717) is 11.3 Å². The molecule has 0 radical (unpaired) electrons. The number of nitrogens with zero attached hydrogens (tertiary/aromatic N) is 1. The van der Waals surface area contributed by atoms with E-state index in [1.807, 2.05) is 0 Å². The van der Waals surface area contributed by atoms with Crippen molar-refractivity contribution in [3.8, 4) is 0 Å². The number of rotatable bonds is 5. The first-order chi connectivity index (χ1) is 20.7. The summed E-state index contributed by atoms with van der Waals surface area (Å²) in [5.41, 5.74) is 15.6. The molecule has 3 nitrogen and oxygen atoms in total. The Morgan fingerprint density at radius 2 is 1.00 bits per heavy atom. The Balaban J connectivity index is 1.25. The van der Waals surface area contributed by atoms with Crippen LogP contribution in [-0.4, -0.2) is 29.2 Å². The molecular formula is C39H67N3. The smallest absolute Gasteiger partial charge is 0.0735 e. The molecule has 7 aliphatic carbocycles. The third-order valence-corrected chi connectivity index (χ3v) is 16.3. The first-order valence-electron chi connectivity index (χ1n) is 20.0. The molecule has 8 fully saturated rings. The van der Waals surface area contributed by atoms with Crippen LogP contribution in [0.5, 0.6) is 0 Å². The Morgan fingerprint density at radius 1 is 0.476 bits per heavy atom. The summed E-state index contributed by atoms with van der Waals surface area (Å²) in [4.78, 5) is 3.11. The molecule has 238 valence electrons. The Bertz CT molecular complexity index is 881. The van der Waals surface area contributed by atoms with E-state index in [2.05, 4.69) is 4.90 Å². The van der Waals surface area contributed by atoms with Gasteiger partial charge in [-0.1, -0.05) is 83.5 Å². The highest BCUT2D eigenvalue weighted by Crippen LogP contribution is 2.74. The SMILES string of the molecule is NC(C1CCCCC1)C(N)N1C2CCCCC2C2CCC3C4CCCCC4C(C4CCCCC4)(C4CCCCC4)C3C21. The van der Waals surface area contributed by atoms with Crippen LogP contribution < -0.4 is 11.5 Å². The van der Waals surface area contributed by atoms with E-state index >= 15 is 0 Å². The zero-order valence-corrected chi connectivity index (χ0v) is 27.3. The Hall–Kier alpha value is -0.120. The van der Waals surface area contributed by atoms with Gasteiger partial charge in [-0.3, -0.25) is 4.90 Å². The number of nitrogens with two attached hydrogens (primary N) is 2. The first-order valence-corrected chi connectivity index (χ1v) is 20.0. The maximum Gasteiger partial charge on any atom is 0.0735 e. The summed E-state index contributed by atoms with van der Waals surface area (Å²) >= 11 is 0. The van der Waals surface area contributed by atoms with Crippen molar-refractivity contribution in [2.75, 3.05) is 0 Å². The monoisotopic (exact) mass is 578 g/mol. The summed E-state index contributed by atoms with van der Waals surface area (Å²) in [5, 5.41) is 0. The van der Waals surface area contributed by atoms with Crippen molar-refractivity contribution in [3.63, 3.8) is 0 Å². The van der Waals surface area contributed by atoms with Gasteiger partial charge in [0.2, 0.25) is 0 Å². The third kappa shape index (κ3) is 4.57. The predicted octanol–water partition coefficient (Wildman–Crippen LogP) is 9.03. The van der Waals surface area contributed by atoms with Crippen molar-refractivity contribution < 1.29 is 0 Å². The highest BCUT2D eigenvalue weighted by Gasteiger charge is 2.71. The van der Waals surface area contributed by atoms with Crippen molar-refractivity contribution >= 4 is 0 Å². The van der Waals surface area contributed by atoms with Crippen LogP contribution in [0.1, 0.15) is 161 Å². The number of hydrogen-bond acceptors (Lipinski definition) is 3. The van der Waals surface area contributed by atoms with Crippen molar-refractivity contribution in [2.45, 2.75) is 185 Å². The second kappa shape index (κ2) is 12.2. The summed E-state index contributed by atoms with van der Waals surface area (Å²) < 4.78 is 0. The van der Waals surface area contributed by atoms with E-state index in [1.54, 1.807) is 44.9 Å². The number of likely N-dealkylation sites (tertiary alicyclic amines) is 1. The molecule has 1 aliphatic heterocycles. The standard InChI is InChI=1S/C39H67N3/c40-36(26-14-4-1-5-15-26)38(41)42-34-23-13-11-21-30(34)32-25-24-31-29-20-10-12-22-33(29)39(35(31)37(32)42,27-16-6-2-7-17-27)28-18-8-3-9-19-28/h26-38H,1-25,40-41H2. The molecule has 0 aromatic heterocycles. The number of fused-ring (bicyclic) bond motifs is 7. The van der Waals surface area contributed by atoms with Gasteiger partial charge < -0.3 is 11.5 Å². The molecule has 0 spiro atoms. The van der Waals surface area contributed by atoms with Gasteiger partial charge in [-0.25, -0.2) is 0 Å². The normalized spacial score (nSPS) is 45.0. The molecule has 0 aromatic rings. The zero-order valence-electron chi connectivity index (χ0n) is 27.3. The molecule has 10 unspecified atom stereocenters. The molecule has 10 atom stereocenters. The predicted molar refractivity (Wildman–Crippen MR) is 175 cm³/mol. The quantitative estimate of drug-likeness (QED) is 0.343. The molecule has 8 rings (SSSR count). The molecule has 0 amide bonds. The molecule has 0 aromatic carbocycles. The van der Waals surface area contributed by atoms with E-state index in [9.17, 15) is 0 Å². The van der Waals surface area contributed by atoms with Gasteiger partial charge in [0, 0.05) is 18.1 Å². The van der Waals surface area contributed by atoms with Crippen molar-refractivity contribution in [2.24, 2.45) is 70.1 Å². The molecule has 0 bridgehead atoms. The van der Waals surface area contributed by atoms with E-state index in [1.165, 1.54) is 116 Å². The summed E-state index contributed by atoms with van der Waals surface area (Å²) in [6.45, 7) is 0. The van der Waals surface area contributed by atoms with Gasteiger partial charge in [-0.2, -0.15) is 0 Å². The van der Waals surface area contributed by atoms with Gasteiger partial charge in [-0.15, -0.1) is 0 Å². The second-order valence-electron chi connectivity index (χ2n) is 17.6. The average molecular weight is 578 g/mol. The van der Waals surface area contributed by atoms with Gasteiger partial charge in [0.15, 0.2) is 0 Å². The highest BCUT2D eigenvalue weighted by atomic mass is 15.3. The largest absolute Gasteiger partial charge is 0.325 e. The Morgan fingerprint density at radius 3 is 1.67 bits per heavy atom. The lowest BCUT2D eigenvalue weighted by molar-refractivity contribution is -0.111. The molecule has 8 aliphatic rings. The van der Waals surface area contributed by atoms with Crippen LogP contribution in [0, 0.1) is 58.7 Å². The maximum atomic E-state index is 7.64. The minimum Gasteiger partial charge on any atom is -0.325 e. The van der Waals surface area contributed by atoms with Gasteiger partial charge >= 0.3 is 0 Å². The van der Waals surface area contributed by atoms with Crippen LogP contribution in [0.15, 0.2) is 0 Å². The maximum absolute atomic E-state index is 7.64. The molecule has 4 N–H and O–H groups in total. The van der Waals surface area contributed by atoms with Crippen molar-refractivity contribution in [1.29, 1.82) is 0 Å². The van der Waals surface area contributed by atoms with Crippen molar-refractivity contribution in [1.82, 2.24) is 4.90 Å². The third-order valence-electron chi connectivity index (χ3n) is 16.3. The fourth-order valence-corrected chi connectivity index (χ4v) is 15.2. The molecule has 7 saturated carbocycles.